The fourth-order valence-corrected chi connectivity index (χ4v) is 2.63. The van der Waals surface area contributed by atoms with Gasteiger partial charge in [0, 0.05) is 11.3 Å². The summed E-state index contributed by atoms with van der Waals surface area (Å²) in [6.07, 6.45) is 0. The molecule has 142 valence electrons. The zero-order valence-corrected chi connectivity index (χ0v) is 15.3. The minimum atomic E-state index is -0.564. The van der Waals surface area contributed by atoms with Crippen LogP contribution < -0.4 is 21.3 Å². The van der Waals surface area contributed by atoms with Crippen LogP contribution in [0.4, 0.5) is 5.69 Å². The molecule has 2 amide bonds. The first-order chi connectivity index (χ1) is 13.4. The van der Waals surface area contributed by atoms with Crippen molar-refractivity contribution in [2.24, 2.45) is 5.73 Å². The summed E-state index contributed by atoms with van der Waals surface area (Å²) in [5.74, 6) is -1.07. The lowest BCUT2D eigenvalue weighted by atomic mass is 10.2. The second-order valence-corrected chi connectivity index (χ2v) is 5.99. The van der Waals surface area contributed by atoms with Crippen molar-refractivity contribution in [1.82, 2.24) is 9.78 Å². The van der Waals surface area contributed by atoms with Gasteiger partial charge in [-0.15, -0.1) is 0 Å². The number of amides is 2. The Balaban J connectivity index is 1.99. The number of aromatic nitrogens is 2. The van der Waals surface area contributed by atoms with E-state index >= 15 is 0 Å². The minimum absolute atomic E-state index is 0.0515. The Hall–Kier alpha value is -3.94. The second-order valence-electron chi connectivity index (χ2n) is 5.99. The van der Waals surface area contributed by atoms with Gasteiger partial charge in [0.25, 0.3) is 11.5 Å². The van der Waals surface area contributed by atoms with Crippen molar-refractivity contribution in [2.75, 3.05) is 12.4 Å². The van der Waals surface area contributed by atoms with E-state index < -0.39 is 17.4 Å². The summed E-state index contributed by atoms with van der Waals surface area (Å²) < 4.78 is 6.31. The van der Waals surface area contributed by atoms with E-state index in [1.54, 1.807) is 24.3 Å². The molecule has 0 aliphatic rings. The van der Waals surface area contributed by atoms with E-state index in [2.05, 4.69) is 10.4 Å². The number of nitrogens with zero attached hydrogens (tertiary/aromatic N) is 2. The molecule has 0 aliphatic carbocycles. The molecule has 0 spiro atoms. The van der Waals surface area contributed by atoms with Gasteiger partial charge in [-0.3, -0.25) is 14.4 Å². The normalized spacial score (nSPS) is 10.4. The van der Waals surface area contributed by atoms with Crippen LogP contribution in [0.5, 0.6) is 5.75 Å². The Morgan fingerprint density at radius 3 is 2.39 bits per heavy atom. The molecule has 8 heteroatoms. The highest BCUT2D eigenvalue weighted by Crippen LogP contribution is 2.18. The van der Waals surface area contributed by atoms with Crippen LogP contribution in [0.1, 0.15) is 26.4 Å². The van der Waals surface area contributed by atoms with Gasteiger partial charge >= 0.3 is 0 Å². The smallest absolute Gasteiger partial charge is 0.279 e. The Labute approximate surface area is 160 Å². The fourth-order valence-electron chi connectivity index (χ4n) is 2.63. The molecule has 0 bridgehead atoms. The highest BCUT2D eigenvalue weighted by Gasteiger charge is 2.19. The van der Waals surface area contributed by atoms with Crippen LogP contribution in [0.3, 0.4) is 0 Å². The number of hydrogen-bond acceptors (Lipinski definition) is 5. The van der Waals surface area contributed by atoms with Crippen LogP contribution in [0.15, 0.2) is 59.4 Å². The van der Waals surface area contributed by atoms with Gasteiger partial charge in [-0.2, -0.15) is 9.78 Å². The number of para-hydroxylation sites is 1. The van der Waals surface area contributed by atoms with Crippen LogP contribution in [-0.4, -0.2) is 28.7 Å². The van der Waals surface area contributed by atoms with Crippen molar-refractivity contribution in [2.45, 2.75) is 6.92 Å². The third-order valence-corrected chi connectivity index (χ3v) is 4.10. The summed E-state index contributed by atoms with van der Waals surface area (Å²) in [4.78, 5) is 36.3. The monoisotopic (exact) mass is 378 g/mol. The molecular weight excluding hydrogens is 360 g/mol. The van der Waals surface area contributed by atoms with Gasteiger partial charge in [-0.05, 0) is 42.8 Å². The topological polar surface area (TPSA) is 116 Å². The van der Waals surface area contributed by atoms with Gasteiger partial charge in [-0.25, -0.2) is 0 Å². The largest absolute Gasteiger partial charge is 0.494 e. The summed E-state index contributed by atoms with van der Waals surface area (Å²) >= 11 is 0. The maximum Gasteiger partial charge on any atom is 0.279 e. The molecule has 28 heavy (non-hydrogen) atoms. The molecule has 0 saturated carbocycles. The number of anilines is 1. The number of methoxy groups -OCH3 is 1. The summed E-state index contributed by atoms with van der Waals surface area (Å²) in [5, 5.41) is 6.87. The van der Waals surface area contributed by atoms with E-state index in [1.807, 2.05) is 19.1 Å². The number of primary amides is 1. The van der Waals surface area contributed by atoms with Crippen molar-refractivity contribution in [1.29, 1.82) is 0 Å². The quantitative estimate of drug-likeness (QED) is 0.703. The maximum absolute atomic E-state index is 12.7. The second kappa shape index (κ2) is 7.75. The van der Waals surface area contributed by atoms with Crippen LogP contribution in [0.25, 0.3) is 5.69 Å². The van der Waals surface area contributed by atoms with E-state index in [0.717, 1.165) is 10.2 Å². The first-order valence-corrected chi connectivity index (χ1v) is 8.36. The van der Waals surface area contributed by atoms with Crippen molar-refractivity contribution in [3.8, 4) is 11.4 Å². The number of ether oxygens (including phenoxy) is 1. The number of benzene rings is 2. The van der Waals surface area contributed by atoms with Gasteiger partial charge in [0.05, 0.1) is 18.9 Å². The van der Waals surface area contributed by atoms with Crippen molar-refractivity contribution in [3.63, 3.8) is 0 Å². The molecule has 3 N–H and O–H groups in total. The first-order valence-electron chi connectivity index (χ1n) is 8.36. The van der Waals surface area contributed by atoms with Crippen LogP contribution in [-0.2, 0) is 0 Å². The Bertz CT molecular complexity index is 1100. The summed E-state index contributed by atoms with van der Waals surface area (Å²) in [6, 6.07) is 14.5. The molecule has 2 aromatic carbocycles. The van der Waals surface area contributed by atoms with E-state index in [0.29, 0.717) is 16.9 Å². The average Bonchev–Trinajstić information content (AvgIpc) is 2.68. The standard InChI is InChI=1S/C20H18N4O4/c1-12-5-3-4-6-15(12)24-17(25)11-16(28-2)18(23-24)20(27)22-14-9-7-13(8-10-14)19(21)26/h3-11H,1-2H3,(H2,21,26)(H,22,27). The molecule has 0 fully saturated rings. The predicted octanol–water partition coefficient (Wildman–Crippen LogP) is 1.90. The maximum atomic E-state index is 12.7. The van der Waals surface area contributed by atoms with Crippen LogP contribution in [0, 0.1) is 6.92 Å². The molecule has 1 heterocycles. The summed E-state index contributed by atoms with van der Waals surface area (Å²) in [6.45, 7) is 1.84. The Kier molecular flexibility index (Phi) is 5.21. The van der Waals surface area contributed by atoms with Gasteiger partial charge in [0.15, 0.2) is 11.4 Å². The zero-order chi connectivity index (χ0) is 20.3. The third kappa shape index (κ3) is 3.75. The highest BCUT2D eigenvalue weighted by molar-refractivity contribution is 6.04. The van der Waals surface area contributed by atoms with E-state index in [9.17, 15) is 14.4 Å². The molecular formula is C20H18N4O4. The summed E-state index contributed by atoms with van der Waals surface area (Å²) in [7, 11) is 1.35. The molecule has 0 unspecified atom stereocenters. The minimum Gasteiger partial charge on any atom is -0.494 e. The Morgan fingerprint density at radius 1 is 1.11 bits per heavy atom. The van der Waals surface area contributed by atoms with Gasteiger partial charge in [0.2, 0.25) is 5.91 Å². The summed E-state index contributed by atoms with van der Waals surface area (Å²) in [5.41, 5.74) is 6.89. The SMILES string of the molecule is COc1cc(=O)n(-c2ccccc2C)nc1C(=O)Nc1ccc(C(N)=O)cc1. The number of carbonyl (C=O) groups excluding carboxylic acids is 2. The van der Waals surface area contributed by atoms with Crippen molar-refractivity contribution < 1.29 is 14.3 Å². The van der Waals surface area contributed by atoms with E-state index in [-0.39, 0.29) is 11.4 Å². The van der Waals surface area contributed by atoms with Gasteiger partial charge in [-0.1, -0.05) is 18.2 Å². The fraction of sp³-hybridized carbons (Fsp3) is 0.100. The van der Waals surface area contributed by atoms with Crippen molar-refractivity contribution >= 4 is 17.5 Å². The number of nitrogens with one attached hydrogen (secondary N) is 1. The van der Waals surface area contributed by atoms with Crippen molar-refractivity contribution in [3.05, 3.63) is 81.8 Å². The van der Waals surface area contributed by atoms with Gasteiger partial charge in [0.1, 0.15) is 0 Å². The van der Waals surface area contributed by atoms with Gasteiger partial charge < -0.3 is 15.8 Å². The lowest BCUT2D eigenvalue weighted by molar-refractivity contribution is 0.0997. The van der Waals surface area contributed by atoms with Crippen LogP contribution >= 0.6 is 0 Å². The molecule has 3 rings (SSSR count). The van der Waals surface area contributed by atoms with Crippen LogP contribution in [0.2, 0.25) is 0 Å². The van der Waals surface area contributed by atoms with E-state index in [4.69, 9.17) is 10.5 Å². The molecule has 0 saturated heterocycles. The number of aryl methyl sites for hydroxylation is 1. The number of nitrogens with two attached hydrogens (primary N) is 1. The molecule has 0 atom stereocenters. The lowest BCUT2D eigenvalue weighted by Crippen LogP contribution is -2.26. The molecule has 0 radical (unpaired) electrons. The highest BCUT2D eigenvalue weighted by atomic mass is 16.5. The zero-order valence-electron chi connectivity index (χ0n) is 15.3. The van der Waals surface area contributed by atoms with E-state index in [1.165, 1.54) is 25.3 Å². The molecule has 3 aromatic rings. The molecule has 8 nitrogen and oxygen atoms in total. The first kappa shape index (κ1) is 18.8. The number of carbonyl (C=O) groups is 2. The number of rotatable bonds is 5. The Morgan fingerprint density at radius 2 is 1.79 bits per heavy atom. The lowest BCUT2D eigenvalue weighted by Gasteiger charge is -2.13. The predicted molar refractivity (Wildman–Crippen MR) is 104 cm³/mol. The number of hydrogen-bond donors (Lipinski definition) is 2. The molecule has 0 aliphatic heterocycles. The third-order valence-electron chi connectivity index (χ3n) is 4.10. The molecule has 1 aromatic heterocycles. The average molecular weight is 378 g/mol.